The van der Waals surface area contributed by atoms with Crippen molar-refractivity contribution in [2.45, 2.75) is 11.8 Å². The fourth-order valence-corrected chi connectivity index (χ4v) is 3.12. The summed E-state index contributed by atoms with van der Waals surface area (Å²) in [4.78, 5) is 0. The molecule has 0 bridgehead atoms. The second kappa shape index (κ2) is 5.28. The Morgan fingerprint density at radius 2 is 1.84 bits per heavy atom. The number of hydrogen-bond donors (Lipinski definition) is 1. The molecule has 0 unspecified atom stereocenters. The highest BCUT2D eigenvalue weighted by molar-refractivity contribution is 9.10. The maximum atomic E-state index is 6.13. The molecule has 0 aromatic heterocycles. The Kier molecular flexibility index (Phi) is 3.66. The molecule has 2 aromatic rings. The average Bonchev–Trinajstić information content (AvgIpc) is 2.36. The van der Waals surface area contributed by atoms with Crippen molar-refractivity contribution in [3.63, 3.8) is 0 Å². The largest absolute Gasteiger partial charge is 0.315 e. The molecular weight excluding hydrogens is 322 g/mol. The number of hydrogen-bond acceptors (Lipinski definition) is 1. The third kappa shape index (κ3) is 2.71. The summed E-state index contributed by atoms with van der Waals surface area (Å²) in [5, 5.41) is 4.22. The molecule has 3 rings (SSSR count). The van der Waals surface area contributed by atoms with Crippen LogP contribution < -0.4 is 5.32 Å². The van der Waals surface area contributed by atoms with Gasteiger partial charge in [-0.15, -0.1) is 0 Å². The fourth-order valence-electron chi connectivity index (χ4n) is 2.67. The monoisotopic (exact) mass is 335 g/mol. The molecule has 1 N–H and O–H groups in total. The first-order chi connectivity index (χ1) is 9.18. The number of halogens is 2. The summed E-state index contributed by atoms with van der Waals surface area (Å²) in [6.45, 7) is 2.03. The maximum absolute atomic E-state index is 6.13. The van der Waals surface area contributed by atoms with Crippen molar-refractivity contribution in [1.82, 2.24) is 5.32 Å². The Hall–Kier alpha value is -0.830. The smallest absolute Gasteiger partial charge is 0.0408 e. The third-order valence-corrected chi connectivity index (χ3v) is 4.58. The van der Waals surface area contributed by atoms with Crippen LogP contribution in [0.25, 0.3) is 0 Å². The van der Waals surface area contributed by atoms with E-state index in [0.717, 1.165) is 29.0 Å². The molecule has 1 aliphatic heterocycles. The van der Waals surface area contributed by atoms with Crippen LogP contribution in [-0.2, 0) is 11.8 Å². The molecule has 0 radical (unpaired) electrons. The first-order valence-corrected chi connectivity index (χ1v) is 7.56. The molecule has 0 amide bonds. The van der Waals surface area contributed by atoms with E-state index in [2.05, 4.69) is 57.6 Å². The van der Waals surface area contributed by atoms with E-state index in [1.54, 1.807) is 0 Å². The standard InChI is InChI=1S/C16H15BrClN/c17-14-6-4-12(5-7-14)9-16(10-19-11-16)13-2-1-3-15(18)8-13/h1-8,19H,9-11H2. The summed E-state index contributed by atoms with van der Waals surface area (Å²) in [7, 11) is 0. The van der Waals surface area contributed by atoms with Crippen LogP contribution >= 0.6 is 27.5 Å². The van der Waals surface area contributed by atoms with Gasteiger partial charge in [0.25, 0.3) is 0 Å². The summed E-state index contributed by atoms with van der Waals surface area (Å²) in [5.74, 6) is 0. The van der Waals surface area contributed by atoms with Gasteiger partial charge in [0.05, 0.1) is 0 Å². The lowest BCUT2D eigenvalue weighted by molar-refractivity contribution is 0.275. The van der Waals surface area contributed by atoms with Crippen molar-refractivity contribution >= 4 is 27.5 Å². The van der Waals surface area contributed by atoms with Crippen molar-refractivity contribution in [1.29, 1.82) is 0 Å². The molecule has 19 heavy (non-hydrogen) atoms. The molecule has 98 valence electrons. The topological polar surface area (TPSA) is 12.0 Å². The first kappa shape index (κ1) is 13.2. The van der Waals surface area contributed by atoms with E-state index in [9.17, 15) is 0 Å². The Balaban J connectivity index is 1.89. The van der Waals surface area contributed by atoms with Crippen LogP contribution in [0.5, 0.6) is 0 Å². The summed E-state index contributed by atoms with van der Waals surface area (Å²) in [5.41, 5.74) is 2.89. The minimum atomic E-state index is 0.193. The van der Waals surface area contributed by atoms with Gasteiger partial charge in [0, 0.05) is 28.0 Å². The van der Waals surface area contributed by atoms with Gasteiger partial charge < -0.3 is 5.32 Å². The fraction of sp³-hybridized carbons (Fsp3) is 0.250. The zero-order chi connectivity index (χ0) is 13.3. The lowest BCUT2D eigenvalue weighted by Gasteiger charge is -2.43. The normalized spacial score (nSPS) is 16.9. The van der Waals surface area contributed by atoms with Gasteiger partial charge in [0.2, 0.25) is 0 Å². The molecule has 0 saturated carbocycles. The maximum Gasteiger partial charge on any atom is 0.0408 e. The summed E-state index contributed by atoms with van der Waals surface area (Å²) >= 11 is 9.61. The van der Waals surface area contributed by atoms with E-state index in [1.165, 1.54) is 11.1 Å². The van der Waals surface area contributed by atoms with Gasteiger partial charge >= 0.3 is 0 Å². The minimum Gasteiger partial charge on any atom is -0.315 e. The summed E-state index contributed by atoms with van der Waals surface area (Å²) < 4.78 is 1.12. The van der Waals surface area contributed by atoms with Crippen LogP contribution in [0.2, 0.25) is 5.02 Å². The number of nitrogens with one attached hydrogen (secondary N) is 1. The molecule has 0 spiro atoms. The molecule has 0 aliphatic carbocycles. The Morgan fingerprint density at radius 1 is 1.11 bits per heavy atom. The molecule has 1 heterocycles. The van der Waals surface area contributed by atoms with Crippen molar-refractivity contribution in [2.24, 2.45) is 0 Å². The lowest BCUT2D eigenvalue weighted by atomic mass is 9.71. The number of benzene rings is 2. The molecule has 1 fully saturated rings. The minimum absolute atomic E-state index is 0.193. The van der Waals surface area contributed by atoms with Gasteiger partial charge in [-0.05, 0) is 41.8 Å². The predicted molar refractivity (Wildman–Crippen MR) is 83.8 cm³/mol. The summed E-state index contributed by atoms with van der Waals surface area (Å²) in [6.07, 6.45) is 1.05. The van der Waals surface area contributed by atoms with Gasteiger partial charge in [0.1, 0.15) is 0 Å². The second-order valence-corrected chi connectivity index (χ2v) is 6.55. The average molecular weight is 337 g/mol. The van der Waals surface area contributed by atoms with Crippen LogP contribution in [0, 0.1) is 0 Å². The molecule has 1 aliphatic rings. The van der Waals surface area contributed by atoms with Gasteiger partial charge in [-0.2, -0.15) is 0 Å². The van der Waals surface area contributed by atoms with E-state index in [0.29, 0.717) is 0 Å². The van der Waals surface area contributed by atoms with Gasteiger partial charge in [-0.3, -0.25) is 0 Å². The SMILES string of the molecule is Clc1cccc(C2(Cc3ccc(Br)cc3)CNC2)c1. The lowest BCUT2D eigenvalue weighted by Crippen LogP contribution is -2.58. The van der Waals surface area contributed by atoms with Crippen molar-refractivity contribution in [2.75, 3.05) is 13.1 Å². The zero-order valence-corrected chi connectivity index (χ0v) is 12.8. The third-order valence-electron chi connectivity index (χ3n) is 3.82. The Bertz CT molecular complexity index is 576. The molecule has 1 saturated heterocycles. The molecule has 1 nitrogen and oxygen atoms in total. The van der Waals surface area contributed by atoms with Crippen LogP contribution in [0.15, 0.2) is 53.0 Å². The second-order valence-electron chi connectivity index (χ2n) is 5.20. The van der Waals surface area contributed by atoms with E-state index in [1.807, 2.05) is 12.1 Å². The number of rotatable bonds is 3. The van der Waals surface area contributed by atoms with Crippen molar-refractivity contribution < 1.29 is 0 Å². The molecule has 2 aromatic carbocycles. The highest BCUT2D eigenvalue weighted by Gasteiger charge is 2.38. The highest BCUT2D eigenvalue weighted by atomic mass is 79.9. The van der Waals surface area contributed by atoms with Crippen molar-refractivity contribution in [3.8, 4) is 0 Å². The van der Waals surface area contributed by atoms with Gasteiger partial charge in [-0.1, -0.05) is 51.8 Å². The van der Waals surface area contributed by atoms with Gasteiger partial charge in [0.15, 0.2) is 0 Å². The zero-order valence-electron chi connectivity index (χ0n) is 10.5. The van der Waals surface area contributed by atoms with Crippen LogP contribution in [0.3, 0.4) is 0 Å². The van der Waals surface area contributed by atoms with E-state index >= 15 is 0 Å². The van der Waals surface area contributed by atoms with E-state index < -0.39 is 0 Å². The molecule has 3 heteroatoms. The molecule has 0 atom stereocenters. The predicted octanol–water partition coefficient (Wildman–Crippen LogP) is 4.19. The van der Waals surface area contributed by atoms with Crippen LogP contribution in [-0.4, -0.2) is 13.1 Å². The van der Waals surface area contributed by atoms with Gasteiger partial charge in [-0.25, -0.2) is 0 Å². The van der Waals surface area contributed by atoms with Crippen LogP contribution in [0.4, 0.5) is 0 Å². The van der Waals surface area contributed by atoms with Crippen LogP contribution in [0.1, 0.15) is 11.1 Å². The first-order valence-electron chi connectivity index (χ1n) is 6.39. The van der Waals surface area contributed by atoms with E-state index in [-0.39, 0.29) is 5.41 Å². The quantitative estimate of drug-likeness (QED) is 0.886. The van der Waals surface area contributed by atoms with E-state index in [4.69, 9.17) is 11.6 Å². The highest BCUT2D eigenvalue weighted by Crippen LogP contribution is 2.34. The summed E-state index contributed by atoms with van der Waals surface area (Å²) in [6, 6.07) is 16.8. The van der Waals surface area contributed by atoms with Crippen molar-refractivity contribution in [3.05, 3.63) is 69.2 Å². The Morgan fingerprint density at radius 3 is 2.42 bits per heavy atom. The molecular formula is C16H15BrClN. The Labute approximate surface area is 127 Å².